The lowest BCUT2D eigenvalue weighted by Crippen LogP contribution is -2.07. The SMILES string of the molecule is C#Cc1cccc(C(F)CN)c1. The average molecular weight is 163 g/mol. The maximum Gasteiger partial charge on any atom is 0.137 e. The molecule has 1 rings (SSSR count). The normalized spacial score (nSPS) is 12.1. The van der Waals surface area contributed by atoms with Crippen molar-refractivity contribution < 1.29 is 4.39 Å². The molecule has 0 bridgehead atoms. The summed E-state index contributed by atoms with van der Waals surface area (Å²) in [7, 11) is 0. The maximum atomic E-state index is 13.0. The second kappa shape index (κ2) is 3.89. The number of halogens is 1. The summed E-state index contributed by atoms with van der Waals surface area (Å²) in [4.78, 5) is 0. The molecule has 0 heterocycles. The second-order valence-electron chi connectivity index (χ2n) is 2.47. The Hall–Kier alpha value is -1.33. The van der Waals surface area contributed by atoms with Gasteiger partial charge in [0.2, 0.25) is 0 Å². The van der Waals surface area contributed by atoms with Crippen LogP contribution in [0.2, 0.25) is 0 Å². The van der Waals surface area contributed by atoms with Gasteiger partial charge in [-0.05, 0) is 17.7 Å². The first-order chi connectivity index (χ1) is 5.77. The van der Waals surface area contributed by atoms with E-state index in [0.717, 1.165) is 0 Å². The average Bonchev–Trinajstić information content (AvgIpc) is 2.17. The van der Waals surface area contributed by atoms with Crippen LogP contribution >= 0.6 is 0 Å². The van der Waals surface area contributed by atoms with E-state index in [9.17, 15) is 4.39 Å². The summed E-state index contributed by atoms with van der Waals surface area (Å²) in [6, 6.07) is 6.80. The van der Waals surface area contributed by atoms with E-state index in [1.165, 1.54) is 0 Å². The Labute approximate surface area is 71.4 Å². The first-order valence-electron chi connectivity index (χ1n) is 3.68. The molecule has 0 spiro atoms. The maximum absolute atomic E-state index is 13.0. The standard InChI is InChI=1S/C10H10FN/c1-2-8-4-3-5-9(6-8)10(11)7-12/h1,3-6,10H,7,12H2. The van der Waals surface area contributed by atoms with Crippen molar-refractivity contribution in [2.75, 3.05) is 6.54 Å². The highest BCUT2D eigenvalue weighted by molar-refractivity contribution is 5.36. The van der Waals surface area contributed by atoms with Crippen LogP contribution in [0.5, 0.6) is 0 Å². The molecule has 0 aliphatic rings. The molecule has 0 radical (unpaired) electrons. The third-order valence-corrected chi connectivity index (χ3v) is 1.62. The van der Waals surface area contributed by atoms with E-state index in [1.54, 1.807) is 24.3 Å². The Bertz CT molecular complexity index is 301. The number of hydrogen-bond acceptors (Lipinski definition) is 1. The Balaban J connectivity index is 2.95. The van der Waals surface area contributed by atoms with Gasteiger partial charge in [-0.25, -0.2) is 4.39 Å². The molecule has 0 amide bonds. The van der Waals surface area contributed by atoms with Crippen molar-refractivity contribution >= 4 is 0 Å². The van der Waals surface area contributed by atoms with E-state index in [-0.39, 0.29) is 6.54 Å². The van der Waals surface area contributed by atoms with Gasteiger partial charge in [0.05, 0.1) is 0 Å². The summed E-state index contributed by atoms with van der Waals surface area (Å²) in [5.74, 6) is 2.44. The minimum atomic E-state index is -1.11. The zero-order chi connectivity index (χ0) is 8.97. The van der Waals surface area contributed by atoms with Gasteiger partial charge in [0.25, 0.3) is 0 Å². The highest BCUT2D eigenvalue weighted by atomic mass is 19.1. The Morgan fingerprint density at radius 2 is 2.33 bits per heavy atom. The minimum absolute atomic E-state index is 0.00593. The second-order valence-corrected chi connectivity index (χ2v) is 2.47. The van der Waals surface area contributed by atoms with Gasteiger partial charge in [0.15, 0.2) is 0 Å². The molecule has 1 aromatic carbocycles. The Morgan fingerprint density at radius 3 is 2.92 bits per heavy atom. The van der Waals surface area contributed by atoms with Gasteiger partial charge in [0.1, 0.15) is 6.17 Å². The number of terminal acetylenes is 1. The molecule has 62 valence electrons. The fourth-order valence-electron chi connectivity index (χ4n) is 0.959. The molecule has 1 nitrogen and oxygen atoms in total. The highest BCUT2D eigenvalue weighted by Crippen LogP contribution is 2.16. The molecule has 0 fully saturated rings. The molecule has 1 atom stereocenters. The molecule has 0 aliphatic heterocycles. The lowest BCUT2D eigenvalue weighted by atomic mass is 10.1. The summed E-state index contributed by atoms with van der Waals surface area (Å²) in [5, 5.41) is 0. The lowest BCUT2D eigenvalue weighted by molar-refractivity contribution is 0.353. The van der Waals surface area contributed by atoms with Crippen LogP contribution in [0.4, 0.5) is 4.39 Å². The topological polar surface area (TPSA) is 26.0 Å². The molecule has 0 aromatic heterocycles. The predicted octanol–water partition coefficient (Wildman–Crippen LogP) is 1.64. The van der Waals surface area contributed by atoms with Crippen molar-refractivity contribution in [3.63, 3.8) is 0 Å². The molecule has 0 aliphatic carbocycles. The number of hydrogen-bond donors (Lipinski definition) is 1. The van der Waals surface area contributed by atoms with Gasteiger partial charge in [0, 0.05) is 12.1 Å². The zero-order valence-corrected chi connectivity index (χ0v) is 6.63. The van der Waals surface area contributed by atoms with Crippen LogP contribution in [0.15, 0.2) is 24.3 Å². The van der Waals surface area contributed by atoms with Crippen LogP contribution in [0.3, 0.4) is 0 Å². The quantitative estimate of drug-likeness (QED) is 0.659. The van der Waals surface area contributed by atoms with Crippen molar-refractivity contribution in [2.24, 2.45) is 5.73 Å². The van der Waals surface area contributed by atoms with Gasteiger partial charge < -0.3 is 5.73 Å². The van der Waals surface area contributed by atoms with E-state index < -0.39 is 6.17 Å². The van der Waals surface area contributed by atoms with Crippen molar-refractivity contribution in [2.45, 2.75) is 6.17 Å². The molecular formula is C10H10FN. The molecule has 1 aromatic rings. The Morgan fingerprint density at radius 1 is 1.58 bits per heavy atom. The zero-order valence-electron chi connectivity index (χ0n) is 6.63. The van der Waals surface area contributed by atoms with Crippen LogP contribution in [-0.2, 0) is 0 Å². The first kappa shape index (κ1) is 8.76. The highest BCUT2D eigenvalue weighted by Gasteiger charge is 2.06. The number of rotatable bonds is 2. The van der Waals surface area contributed by atoms with Gasteiger partial charge in [-0.1, -0.05) is 18.1 Å². The number of benzene rings is 1. The van der Waals surface area contributed by atoms with E-state index in [0.29, 0.717) is 11.1 Å². The summed E-state index contributed by atoms with van der Waals surface area (Å²) >= 11 is 0. The van der Waals surface area contributed by atoms with Crippen LogP contribution in [0.25, 0.3) is 0 Å². The van der Waals surface area contributed by atoms with E-state index in [1.807, 2.05) is 0 Å². The number of nitrogens with two attached hydrogens (primary N) is 1. The van der Waals surface area contributed by atoms with Gasteiger partial charge in [-0.15, -0.1) is 6.42 Å². The van der Waals surface area contributed by atoms with E-state index >= 15 is 0 Å². The largest absolute Gasteiger partial charge is 0.327 e. The fourth-order valence-corrected chi connectivity index (χ4v) is 0.959. The summed E-state index contributed by atoms with van der Waals surface area (Å²) in [6.45, 7) is -0.00593. The molecule has 0 saturated carbocycles. The first-order valence-corrected chi connectivity index (χ1v) is 3.68. The van der Waals surface area contributed by atoms with Gasteiger partial charge >= 0.3 is 0 Å². The molecule has 0 saturated heterocycles. The van der Waals surface area contributed by atoms with Gasteiger partial charge in [-0.2, -0.15) is 0 Å². The van der Waals surface area contributed by atoms with Crippen molar-refractivity contribution in [3.05, 3.63) is 35.4 Å². The van der Waals surface area contributed by atoms with Crippen LogP contribution in [0, 0.1) is 12.3 Å². The van der Waals surface area contributed by atoms with Crippen LogP contribution in [-0.4, -0.2) is 6.54 Å². The van der Waals surface area contributed by atoms with E-state index in [2.05, 4.69) is 5.92 Å². The van der Waals surface area contributed by atoms with Gasteiger partial charge in [-0.3, -0.25) is 0 Å². The number of alkyl halides is 1. The fraction of sp³-hybridized carbons (Fsp3) is 0.200. The van der Waals surface area contributed by atoms with Crippen LogP contribution in [0.1, 0.15) is 17.3 Å². The molecular weight excluding hydrogens is 153 g/mol. The van der Waals surface area contributed by atoms with Crippen molar-refractivity contribution in [3.8, 4) is 12.3 Å². The molecule has 2 N–H and O–H groups in total. The van der Waals surface area contributed by atoms with E-state index in [4.69, 9.17) is 12.2 Å². The third kappa shape index (κ3) is 1.84. The molecule has 12 heavy (non-hydrogen) atoms. The summed E-state index contributed by atoms with van der Waals surface area (Å²) in [6.07, 6.45) is 4.04. The minimum Gasteiger partial charge on any atom is -0.327 e. The Kier molecular flexibility index (Phi) is 2.84. The van der Waals surface area contributed by atoms with Crippen molar-refractivity contribution in [1.82, 2.24) is 0 Å². The molecule has 1 unspecified atom stereocenters. The third-order valence-electron chi connectivity index (χ3n) is 1.62. The summed E-state index contributed by atoms with van der Waals surface area (Å²) in [5.41, 5.74) is 6.40. The lowest BCUT2D eigenvalue weighted by Gasteiger charge is -2.04. The monoisotopic (exact) mass is 163 g/mol. The smallest absolute Gasteiger partial charge is 0.137 e. The van der Waals surface area contributed by atoms with Crippen LogP contribution < -0.4 is 5.73 Å². The predicted molar refractivity (Wildman–Crippen MR) is 47.3 cm³/mol. The summed E-state index contributed by atoms with van der Waals surface area (Å²) < 4.78 is 13.0. The molecule has 2 heteroatoms. The van der Waals surface area contributed by atoms with Crippen molar-refractivity contribution in [1.29, 1.82) is 0 Å².